The standard InChI is InChI=1S/C18H12BrN3O2S2/c19-13-8-10-25-16(13)14(23)11-26-18-21-20-17(15-7-4-9-24-15)22(18)12-5-2-1-3-6-12/h1-10H,11H2. The quantitative estimate of drug-likeness (QED) is 0.296. The number of para-hydroxylation sites is 1. The van der Waals surface area contributed by atoms with Gasteiger partial charge in [0, 0.05) is 10.2 Å². The van der Waals surface area contributed by atoms with E-state index in [4.69, 9.17) is 4.42 Å². The lowest BCUT2D eigenvalue weighted by atomic mass is 10.3. The number of hydrogen-bond donors (Lipinski definition) is 0. The van der Waals surface area contributed by atoms with Gasteiger partial charge < -0.3 is 4.42 Å². The van der Waals surface area contributed by atoms with Crippen molar-refractivity contribution in [2.45, 2.75) is 5.16 Å². The number of carbonyl (C=O) groups is 1. The van der Waals surface area contributed by atoms with E-state index < -0.39 is 0 Å². The van der Waals surface area contributed by atoms with Crippen LogP contribution < -0.4 is 0 Å². The number of thioether (sulfide) groups is 1. The van der Waals surface area contributed by atoms with Crippen molar-refractivity contribution in [2.24, 2.45) is 0 Å². The van der Waals surface area contributed by atoms with Gasteiger partial charge in [-0.15, -0.1) is 21.5 Å². The van der Waals surface area contributed by atoms with Crippen LogP contribution in [-0.2, 0) is 0 Å². The Morgan fingerprint density at radius 1 is 1.15 bits per heavy atom. The highest BCUT2D eigenvalue weighted by Crippen LogP contribution is 2.30. The van der Waals surface area contributed by atoms with Crippen molar-refractivity contribution in [3.63, 3.8) is 0 Å². The fourth-order valence-corrected chi connectivity index (χ4v) is 4.88. The van der Waals surface area contributed by atoms with Gasteiger partial charge >= 0.3 is 0 Å². The van der Waals surface area contributed by atoms with E-state index in [2.05, 4.69) is 26.1 Å². The van der Waals surface area contributed by atoms with Crippen LogP contribution in [0.15, 0.2) is 74.2 Å². The lowest BCUT2D eigenvalue weighted by Gasteiger charge is -2.08. The zero-order chi connectivity index (χ0) is 17.9. The van der Waals surface area contributed by atoms with Gasteiger partial charge in [-0.2, -0.15) is 0 Å². The number of halogens is 1. The second-order valence-corrected chi connectivity index (χ2v) is 7.98. The number of thiophene rings is 1. The van der Waals surface area contributed by atoms with E-state index in [1.807, 2.05) is 58.5 Å². The molecule has 4 rings (SSSR count). The van der Waals surface area contributed by atoms with Gasteiger partial charge in [0.1, 0.15) is 0 Å². The number of rotatable bonds is 6. The van der Waals surface area contributed by atoms with E-state index in [9.17, 15) is 4.79 Å². The predicted octanol–water partition coefficient (Wildman–Crippen LogP) is 5.33. The molecular formula is C18H12BrN3O2S2. The molecule has 3 aromatic heterocycles. The van der Waals surface area contributed by atoms with Gasteiger partial charge in [-0.25, -0.2) is 0 Å². The molecule has 3 heterocycles. The van der Waals surface area contributed by atoms with Crippen LogP contribution in [0.2, 0.25) is 0 Å². The van der Waals surface area contributed by atoms with Gasteiger partial charge in [0.05, 0.1) is 16.9 Å². The number of hydrogen-bond acceptors (Lipinski definition) is 6. The summed E-state index contributed by atoms with van der Waals surface area (Å²) in [6.45, 7) is 0. The third-order valence-corrected chi connectivity index (χ3v) is 6.40. The molecule has 26 heavy (non-hydrogen) atoms. The summed E-state index contributed by atoms with van der Waals surface area (Å²) in [7, 11) is 0. The smallest absolute Gasteiger partial charge is 0.205 e. The average Bonchev–Trinajstić information content (AvgIpc) is 3.40. The summed E-state index contributed by atoms with van der Waals surface area (Å²) in [4.78, 5) is 13.2. The number of ketones is 1. The number of nitrogens with zero attached hydrogens (tertiary/aromatic N) is 3. The first-order valence-electron chi connectivity index (χ1n) is 7.68. The molecule has 0 N–H and O–H groups in total. The molecule has 4 aromatic rings. The molecule has 0 unspecified atom stereocenters. The van der Waals surface area contributed by atoms with Gasteiger partial charge in [0.15, 0.2) is 16.7 Å². The maximum absolute atomic E-state index is 12.5. The van der Waals surface area contributed by atoms with Gasteiger partial charge in [-0.1, -0.05) is 30.0 Å². The van der Waals surface area contributed by atoms with Crippen LogP contribution in [0.3, 0.4) is 0 Å². The Labute approximate surface area is 166 Å². The van der Waals surface area contributed by atoms with Crippen LogP contribution in [0.1, 0.15) is 9.67 Å². The molecule has 1 aromatic carbocycles. The molecule has 0 atom stereocenters. The fourth-order valence-electron chi connectivity index (χ4n) is 2.43. The van der Waals surface area contributed by atoms with Crippen molar-refractivity contribution in [2.75, 3.05) is 5.75 Å². The summed E-state index contributed by atoms with van der Waals surface area (Å²) >= 11 is 6.20. The normalized spacial score (nSPS) is 11.0. The van der Waals surface area contributed by atoms with Crippen molar-refractivity contribution in [3.05, 3.63) is 69.5 Å². The molecule has 5 nitrogen and oxygen atoms in total. The summed E-state index contributed by atoms with van der Waals surface area (Å²) in [6, 6.07) is 15.3. The first-order valence-corrected chi connectivity index (χ1v) is 10.3. The molecule has 0 aliphatic carbocycles. The maximum Gasteiger partial charge on any atom is 0.205 e. The maximum atomic E-state index is 12.5. The van der Waals surface area contributed by atoms with Gasteiger partial charge in [0.2, 0.25) is 5.82 Å². The number of furan rings is 1. The van der Waals surface area contributed by atoms with E-state index in [1.165, 1.54) is 23.1 Å². The minimum absolute atomic E-state index is 0.0547. The second-order valence-electron chi connectivity index (χ2n) is 5.26. The molecule has 0 fully saturated rings. The van der Waals surface area contributed by atoms with Gasteiger partial charge in [-0.3, -0.25) is 9.36 Å². The van der Waals surface area contributed by atoms with Crippen molar-refractivity contribution in [1.29, 1.82) is 0 Å². The van der Waals surface area contributed by atoms with E-state index in [0.717, 1.165) is 15.0 Å². The lowest BCUT2D eigenvalue weighted by molar-refractivity contribution is 0.102. The molecule has 0 saturated heterocycles. The van der Waals surface area contributed by atoms with E-state index in [-0.39, 0.29) is 11.5 Å². The van der Waals surface area contributed by atoms with Crippen molar-refractivity contribution in [3.8, 4) is 17.3 Å². The molecule has 0 aliphatic rings. The average molecular weight is 446 g/mol. The minimum atomic E-state index is 0.0547. The van der Waals surface area contributed by atoms with Gasteiger partial charge in [0.25, 0.3) is 0 Å². The van der Waals surface area contributed by atoms with Crippen LogP contribution in [0.4, 0.5) is 0 Å². The molecular weight excluding hydrogens is 434 g/mol. The number of aromatic nitrogens is 3. The molecule has 0 spiro atoms. The monoisotopic (exact) mass is 445 g/mol. The Morgan fingerprint density at radius 2 is 2.00 bits per heavy atom. The lowest BCUT2D eigenvalue weighted by Crippen LogP contribution is -2.04. The molecule has 0 saturated carbocycles. The highest BCUT2D eigenvalue weighted by Gasteiger charge is 2.20. The number of Topliss-reactive ketones (excluding diaryl/α,β-unsaturated/α-hetero) is 1. The van der Waals surface area contributed by atoms with Crippen LogP contribution >= 0.6 is 39.0 Å². The highest BCUT2D eigenvalue weighted by molar-refractivity contribution is 9.10. The molecule has 8 heteroatoms. The summed E-state index contributed by atoms with van der Waals surface area (Å²) in [5.41, 5.74) is 0.913. The van der Waals surface area contributed by atoms with E-state index >= 15 is 0 Å². The molecule has 0 amide bonds. The Kier molecular flexibility index (Phi) is 5.05. The molecule has 0 radical (unpaired) electrons. The molecule has 130 valence electrons. The zero-order valence-corrected chi connectivity index (χ0v) is 16.6. The van der Waals surface area contributed by atoms with Crippen LogP contribution in [0, 0.1) is 0 Å². The van der Waals surface area contributed by atoms with Crippen molar-refractivity contribution < 1.29 is 9.21 Å². The SMILES string of the molecule is O=C(CSc1nnc(-c2ccco2)n1-c1ccccc1)c1sccc1Br. The zero-order valence-electron chi connectivity index (χ0n) is 13.3. The number of carbonyl (C=O) groups excluding carboxylic acids is 1. The van der Waals surface area contributed by atoms with Crippen molar-refractivity contribution in [1.82, 2.24) is 14.8 Å². The van der Waals surface area contributed by atoms with Crippen molar-refractivity contribution >= 4 is 44.8 Å². The Bertz CT molecular complexity index is 1030. The third-order valence-electron chi connectivity index (χ3n) is 3.59. The molecule has 0 bridgehead atoms. The Balaban J connectivity index is 1.66. The van der Waals surface area contributed by atoms with Gasteiger partial charge in [-0.05, 0) is 51.6 Å². The topological polar surface area (TPSA) is 60.9 Å². The summed E-state index contributed by atoms with van der Waals surface area (Å²) in [6.07, 6.45) is 1.60. The van der Waals surface area contributed by atoms with Crippen LogP contribution in [0.25, 0.3) is 17.3 Å². The largest absolute Gasteiger partial charge is 0.461 e. The Morgan fingerprint density at radius 3 is 2.69 bits per heavy atom. The fraction of sp³-hybridized carbons (Fsp3) is 0.0556. The first kappa shape index (κ1) is 17.3. The Hall–Kier alpha value is -2.16. The molecule has 0 aliphatic heterocycles. The number of benzene rings is 1. The summed E-state index contributed by atoms with van der Waals surface area (Å²) in [5.74, 6) is 1.57. The summed E-state index contributed by atoms with van der Waals surface area (Å²) < 4.78 is 8.22. The first-order chi connectivity index (χ1) is 12.7. The van der Waals surface area contributed by atoms with E-state index in [1.54, 1.807) is 6.26 Å². The minimum Gasteiger partial charge on any atom is -0.461 e. The third kappa shape index (κ3) is 3.40. The highest BCUT2D eigenvalue weighted by atomic mass is 79.9. The predicted molar refractivity (Wildman–Crippen MR) is 106 cm³/mol. The van der Waals surface area contributed by atoms with Crippen LogP contribution in [0.5, 0.6) is 0 Å². The van der Waals surface area contributed by atoms with Crippen LogP contribution in [-0.4, -0.2) is 26.3 Å². The second kappa shape index (κ2) is 7.61. The van der Waals surface area contributed by atoms with E-state index in [0.29, 0.717) is 16.7 Å². The summed E-state index contributed by atoms with van der Waals surface area (Å²) in [5, 5.41) is 11.1.